The zero-order chi connectivity index (χ0) is 6.85. The van der Waals surface area contributed by atoms with Crippen molar-refractivity contribution in [1.82, 2.24) is 5.32 Å². The maximum absolute atomic E-state index is 12.5. The van der Waals surface area contributed by atoms with Gasteiger partial charge in [-0.1, -0.05) is 12.2 Å². The Morgan fingerprint density at radius 2 is 2.44 bits per heavy atom. The Balaban J connectivity index is 2.44. The van der Waals surface area contributed by atoms with E-state index in [0.29, 0.717) is 6.42 Å². The molecule has 0 radical (unpaired) electrons. The third-order valence-electron chi connectivity index (χ3n) is 1.76. The lowest BCUT2D eigenvalue weighted by Gasteiger charge is -2.25. The molecule has 9 heavy (non-hydrogen) atoms. The van der Waals surface area contributed by atoms with Crippen molar-refractivity contribution in [2.75, 3.05) is 0 Å². The first-order chi connectivity index (χ1) is 4.20. The third-order valence-corrected chi connectivity index (χ3v) is 1.76. The Morgan fingerprint density at radius 3 is 2.89 bits per heavy atom. The molecule has 0 saturated carbocycles. The Bertz CT molecular complexity index is 122. The lowest BCUT2D eigenvalue weighted by Crippen LogP contribution is -2.38. The summed E-state index contributed by atoms with van der Waals surface area (Å²) in [5.74, 6) is 0. The fourth-order valence-electron chi connectivity index (χ4n) is 1.00. The molecule has 0 spiro atoms. The highest BCUT2D eigenvalue weighted by Gasteiger charge is 2.18. The second-order valence-electron chi connectivity index (χ2n) is 2.55. The van der Waals surface area contributed by atoms with Gasteiger partial charge in [-0.3, -0.25) is 5.32 Å². The molecule has 0 aromatic rings. The Kier molecular flexibility index (Phi) is 1.86. The van der Waals surface area contributed by atoms with Crippen LogP contribution in [0, 0.1) is 0 Å². The van der Waals surface area contributed by atoms with Crippen molar-refractivity contribution >= 4 is 0 Å². The highest BCUT2D eigenvalue weighted by molar-refractivity contribution is 5.06. The van der Waals surface area contributed by atoms with E-state index in [1.165, 1.54) is 0 Å². The molecule has 1 saturated heterocycles. The standard InChI is InChI=1S/C7H12FN/c1-5-3-4-7(8)9-6(5)2/h6-7,9H,1,3-4H2,2H3. The van der Waals surface area contributed by atoms with Gasteiger partial charge >= 0.3 is 0 Å². The molecular formula is C7H12FN. The van der Waals surface area contributed by atoms with E-state index >= 15 is 0 Å². The minimum atomic E-state index is -0.814. The molecule has 0 amide bonds. The molecule has 1 rings (SSSR count). The maximum atomic E-state index is 12.5. The summed E-state index contributed by atoms with van der Waals surface area (Å²) < 4.78 is 12.5. The summed E-state index contributed by atoms with van der Waals surface area (Å²) in [6.07, 6.45) is 0.601. The Morgan fingerprint density at radius 1 is 1.78 bits per heavy atom. The van der Waals surface area contributed by atoms with E-state index in [1.54, 1.807) is 0 Å². The normalized spacial score (nSPS) is 36.9. The Labute approximate surface area is 54.9 Å². The minimum absolute atomic E-state index is 0.161. The van der Waals surface area contributed by atoms with Gasteiger partial charge in [-0.25, -0.2) is 4.39 Å². The number of piperidine rings is 1. The second kappa shape index (κ2) is 2.48. The molecule has 0 aromatic carbocycles. The van der Waals surface area contributed by atoms with Crippen LogP contribution in [0.5, 0.6) is 0 Å². The van der Waals surface area contributed by atoms with E-state index in [0.717, 1.165) is 12.0 Å². The maximum Gasteiger partial charge on any atom is 0.151 e. The molecule has 1 nitrogen and oxygen atoms in total. The van der Waals surface area contributed by atoms with Crippen molar-refractivity contribution in [3.05, 3.63) is 12.2 Å². The summed E-state index contributed by atoms with van der Waals surface area (Å²) in [7, 11) is 0. The van der Waals surface area contributed by atoms with Crippen molar-refractivity contribution in [3.63, 3.8) is 0 Å². The molecule has 1 heterocycles. The van der Waals surface area contributed by atoms with Crippen molar-refractivity contribution < 1.29 is 4.39 Å². The zero-order valence-electron chi connectivity index (χ0n) is 5.65. The summed E-state index contributed by atoms with van der Waals surface area (Å²) in [5, 5.41) is 2.76. The molecule has 2 atom stereocenters. The molecule has 1 fully saturated rings. The van der Waals surface area contributed by atoms with Gasteiger partial charge in [0.1, 0.15) is 0 Å². The highest BCUT2D eigenvalue weighted by atomic mass is 19.1. The number of nitrogens with one attached hydrogen (secondary N) is 1. The van der Waals surface area contributed by atoms with E-state index in [1.807, 2.05) is 6.92 Å². The van der Waals surface area contributed by atoms with Crippen LogP contribution in [0.1, 0.15) is 19.8 Å². The van der Waals surface area contributed by atoms with Crippen LogP contribution in [-0.4, -0.2) is 12.3 Å². The molecule has 1 N–H and O–H groups in total. The van der Waals surface area contributed by atoms with Crippen molar-refractivity contribution in [3.8, 4) is 0 Å². The molecule has 0 aromatic heterocycles. The van der Waals surface area contributed by atoms with Crippen LogP contribution >= 0.6 is 0 Å². The molecule has 0 aliphatic carbocycles. The fourth-order valence-corrected chi connectivity index (χ4v) is 1.00. The molecule has 2 unspecified atom stereocenters. The van der Waals surface area contributed by atoms with Crippen LogP contribution in [0.2, 0.25) is 0 Å². The zero-order valence-corrected chi connectivity index (χ0v) is 5.65. The van der Waals surface area contributed by atoms with Gasteiger partial charge in [-0.15, -0.1) is 0 Å². The van der Waals surface area contributed by atoms with E-state index in [-0.39, 0.29) is 6.04 Å². The van der Waals surface area contributed by atoms with E-state index in [2.05, 4.69) is 11.9 Å². The fraction of sp³-hybridized carbons (Fsp3) is 0.714. The number of halogens is 1. The monoisotopic (exact) mass is 129 g/mol. The van der Waals surface area contributed by atoms with Crippen LogP contribution in [0.4, 0.5) is 4.39 Å². The van der Waals surface area contributed by atoms with Gasteiger partial charge in [0.05, 0.1) is 0 Å². The topological polar surface area (TPSA) is 12.0 Å². The van der Waals surface area contributed by atoms with Crippen molar-refractivity contribution in [2.45, 2.75) is 32.1 Å². The molecular weight excluding hydrogens is 117 g/mol. The van der Waals surface area contributed by atoms with E-state index in [9.17, 15) is 4.39 Å². The SMILES string of the molecule is C=C1CCC(F)NC1C. The van der Waals surface area contributed by atoms with Crippen LogP contribution in [0.15, 0.2) is 12.2 Å². The van der Waals surface area contributed by atoms with Crippen molar-refractivity contribution in [1.29, 1.82) is 0 Å². The summed E-state index contributed by atoms with van der Waals surface area (Å²) >= 11 is 0. The predicted molar refractivity (Wildman–Crippen MR) is 35.9 cm³/mol. The lowest BCUT2D eigenvalue weighted by atomic mass is 10.0. The first-order valence-corrected chi connectivity index (χ1v) is 3.28. The largest absolute Gasteiger partial charge is 0.282 e. The van der Waals surface area contributed by atoms with Gasteiger partial charge < -0.3 is 0 Å². The van der Waals surface area contributed by atoms with Gasteiger partial charge in [0.25, 0.3) is 0 Å². The van der Waals surface area contributed by atoms with Gasteiger partial charge in [-0.05, 0) is 19.8 Å². The number of hydrogen-bond donors (Lipinski definition) is 1. The van der Waals surface area contributed by atoms with Gasteiger partial charge in [-0.2, -0.15) is 0 Å². The highest BCUT2D eigenvalue weighted by Crippen LogP contribution is 2.16. The first kappa shape index (κ1) is 6.75. The van der Waals surface area contributed by atoms with Crippen molar-refractivity contribution in [2.24, 2.45) is 0 Å². The third kappa shape index (κ3) is 1.52. The van der Waals surface area contributed by atoms with Gasteiger partial charge in [0, 0.05) is 6.04 Å². The molecule has 0 bridgehead atoms. The summed E-state index contributed by atoms with van der Waals surface area (Å²) in [5.41, 5.74) is 1.11. The number of alkyl halides is 1. The summed E-state index contributed by atoms with van der Waals surface area (Å²) in [6, 6.07) is 0.161. The Hall–Kier alpha value is -0.370. The van der Waals surface area contributed by atoms with Crippen LogP contribution in [0.3, 0.4) is 0 Å². The average molecular weight is 129 g/mol. The molecule has 52 valence electrons. The van der Waals surface area contributed by atoms with E-state index in [4.69, 9.17) is 0 Å². The minimum Gasteiger partial charge on any atom is -0.282 e. The first-order valence-electron chi connectivity index (χ1n) is 3.28. The average Bonchev–Trinajstić information content (AvgIpc) is 1.80. The molecule has 1 aliphatic rings. The predicted octanol–water partition coefficient (Wildman–Crippen LogP) is 1.61. The molecule has 2 heteroatoms. The van der Waals surface area contributed by atoms with E-state index < -0.39 is 6.30 Å². The van der Waals surface area contributed by atoms with Gasteiger partial charge in [0.15, 0.2) is 6.30 Å². The summed E-state index contributed by atoms with van der Waals surface area (Å²) in [6.45, 7) is 5.74. The number of hydrogen-bond acceptors (Lipinski definition) is 1. The van der Waals surface area contributed by atoms with Crippen LogP contribution < -0.4 is 5.32 Å². The second-order valence-corrected chi connectivity index (χ2v) is 2.55. The lowest BCUT2D eigenvalue weighted by molar-refractivity contribution is 0.221. The van der Waals surface area contributed by atoms with Crippen LogP contribution in [-0.2, 0) is 0 Å². The smallest absolute Gasteiger partial charge is 0.151 e. The molecule has 1 aliphatic heterocycles. The van der Waals surface area contributed by atoms with Crippen LogP contribution in [0.25, 0.3) is 0 Å². The number of rotatable bonds is 0. The van der Waals surface area contributed by atoms with Gasteiger partial charge in [0.2, 0.25) is 0 Å². The summed E-state index contributed by atoms with van der Waals surface area (Å²) in [4.78, 5) is 0. The quantitative estimate of drug-likeness (QED) is 0.387.